The number of nitro benzene ring substituents is 1. The zero-order chi connectivity index (χ0) is 41.5. The van der Waals surface area contributed by atoms with Crippen LogP contribution in [0.1, 0.15) is 49.0 Å². The quantitative estimate of drug-likeness (QED) is 0.0789. The number of carbonyl (C=O) groups excluding carboxylic acids is 1. The van der Waals surface area contributed by atoms with Gasteiger partial charge in [-0.15, -0.1) is 0 Å². The Morgan fingerprint density at radius 2 is 1.88 bits per heavy atom. The summed E-state index contributed by atoms with van der Waals surface area (Å²) in [6, 6.07) is 18.0. The SMILES string of the molecule is CC1(C)CCC(CN2CCN(c3ccc(C(=O)NS(=O)(=O)c4cc5c(c([N+](=O)[O-])c4)N[C@H](CO)CO5)c(Oc4cnc5[nH]ccc5c4)c3)CC2)=C(c2ccc(Cl)cc2)C1. The van der Waals surface area contributed by atoms with Gasteiger partial charge in [-0.25, -0.2) is 18.1 Å². The Bertz CT molecular complexity index is 2570. The summed E-state index contributed by atoms with van der Waals surface area (Å²) in [5, 5.41) is 25.8. The van der Waals surface area contributed by atoms with E-state index in [1.807, 2.05) is 18.2 Å². The molecule has 17 heteroatoms. The third-order valence-corrected chi connectivity index (χ3v) is 12.7. The van der Waals surface area contributed by atoms with Crippen LogP contribution < -0.4 is 24.4 Å². The number of ether oxygens (including phenoxy) is 2. The molecule has 0 unspecified atom stereocenters. The molecule has 3 aromatic carbocycles. The number of nitrogens with one attached hydrogen (secondary N) is 3. The number of hydrogen-bond acceptors (Lipinski definition) is 12. The van der Waals surface area contributed by atoms with E-state index < -0.39 is 37.5 Å². The number of aromatic nitrogens is 2. The molecule has 4 heterocycles. The first kappa shape index (κ1) is 40.1. The fourth-order valence-corrected chi connectivity index (χ4v) is 9.01. The average molecular weight is 842 g/mol. The minimum absolute atomic E-state index is 0.0517. The zero-order valence-corrected chi connectivity index (χ0v) is 34.1. The lowest BCUT2D eigenvalue weighted by atomic mass is 9.72. The lowest BCUT2D eigenvalue weighted by molar-refractivity contribution is -0.384. The van der Waals surface area contributed by atoms with Crippen LogP contribution in [0.3, 0.4) is 0 Å². The number of nitro groups is 1. The van der Waals surface area contributed by atoms with Crippen LogP contribution in [0.15, 0.2) is 89.6 Å². The van der Waals surface area contributed by atoms with Crippen molar-refractivity contribution in [2.45, 2.75) is 44.0 Å². The molecule has 4 N–H and O–H groups in total. The largest absolute Gasteiger partial charge is 0.489 e. The van der Waals surface area contributed by atoms with Crippen LogP contribution in [0.4, 0.5) is 17.1 Å². The molecular weight excluding hydrogens is 798 g/mol. The van der Waals surface area contributed by atoms with Crippen LogP contribution in [0, 0.1) is 15.5 Å². The van der Waals surface area contributed by atoms with Crippen molar-refractivity contribution in [3.8, 4) is 17.2 Å². The van der Waals surface area contributed by atoms with Gasteiger partial charge in [-0.05, 0) is 72.2 Å². The monoisotopic (exact) mass is 841 g/mol. The van der Waals surface area contributed by atoms with Crippen LogP contribution in [-0.2, 0) is 10.0 Å². The van der Waals surface area contributed by atoms with Crippen LogP contribution in [0.5, 0.6) is 17.2 Å². The maximum Gasteiger partial charge on any atom is 0.297 e. The van der Waals surface area contributed by atoms with E-state index >= 15 is 0 Å². The molecule has 2 aromatic heterocycles. The molecule has 15 nitrogen and oxygen atoms in total. The number of aliphatic hydroxyl groups excluding tert-OH is 1. The molecule has 1 aliphatic carbocycles. The van der Waals surface area contributed by atoms with Gasteiger partial charge in [0.2, 0.25) is 0 Å². The maximum absolute atomic E-state index is 13.9. The summed E-state index contributed by atoms with van der Waals surface area (Å²) in [6.45, 7) is 8.13. The van der Waals surface area contributed by atoms with E-state index in [0.717, 1.165) is 67.1 Å². The predicted octanol–water partition coefficient (Wildman–Crippen LogP) is 6.99. The van der Waals surface area contributed by atoms with Gasteiger partial charge in [0.1, 0.15) is 23.8 Å². The van der Waals surface area contributed by atoms with E-state index in [1.165, 1.54) is 29.0 Å². The second-order valence-electron chi connectivity index (χ2n) is 15.9. The minimum Gasteiger partial charge on any atom is -0.489 e. The zero-order valence-electron chi connectivity index (χ0n) is 32.5. The number of sulfonamides is 1. The Morgan fingerprint density at radius 3 is 2.63 bits per heavy atom. The summed E-state index contributed by atoms with van der Waals surface area (Å²) >= 11 is 6.23. The maximum atomic E-state index is 13.9. The Labute approximate surface area is 346 Å². The third kappa shape index (κ3) is 8.71. The van der Waals surface area contributed by atoms with Crippen LogP contribution >= 0.6 is 11.6 Å². The number of pyridine rings is 1. The van der Waals surface area contributed by atoms with Gasteiger partial charge in [0, 0.05) is 73.2 Å². The number of halogens is 1. The highest BCUT2D eigenvalue weighted by Gasteiger charge is 2.33. The molecule has 3 aliphatic rings. The molecule has 8 rings (SSSR count). The Kier molecular flexibility index (Phi) is 11.0. The van der Waals surface area contributed by atoms with Crippen molar-refractivity contribution in [2.75, 3.05) is 56.2 Å². The number of allylic oxidation sites excluding steroid dienone is 1. The summed E-state index contributed by atoms with van der Waals surface area (Å²) in [5.74, 6) is -0.685. The highest BCUT2D eigenvalue weighted by molar-refractivity contribution is 7.90. The van der Waals surface area contributed by atoms with E-state index in [1.54, 1.807) is 24.4 Å². The average Bonchev–Trinajstić information content (AvgIpc) is 3.69. The summed E-state index contributed by atoms with van der Waals surface area (Å²) in [4.78, 5) is 36.6. The number of nitrogens with zero attached hydrogens (tertiary/aromatic N) is 4. The number of rotatable bonds is 11. The van der Waals surface area contributed by atoms with E-state index in [4.69, 9.17) is 21.1 Å². The van der Waals surface area contributed by atoms with E-state index in [-0.39, 0.29) is 41.4 Å². The molecule has 1 fully saturated rings. The minimum atomic E-state index is -4.67. The molecular formula is C42H44ClN7O8S. The van der Waals surface area contributed by atoms with Gasteiger partial charge in [-0.3, -0.25) is 19.8 Å². The number of H-pyrrole nitrogens is 1. The number of aliphatic hydroxyl groups is 1. The number of piperazine rings is 1. The van der Waals surface area contributed by atoms with Crippen LogP contribution in [-0.4, -0.2) is 91.2 Å². The van der Waals surface area contributed by atoms with E-state index in [0.29, 0.717) is 24.5 Å². The van der Waals surface area contributed by atoms with Crippen molar-refractivity contribution in [2.24, 2.45) is 5.41 Å². The smallest absolute Gasteiger partial charge is 0.297 e. The fraction of sp³-hybridized carbons (Fsp3) is 0.333. The van der Waals surface area contributed by atoms with Gasteiger partial charge in [-0.2, -0.15) is 0 Å². The molecule has 2 aliphatic heterocycles. The Morgan fingerprint density at radius 1 is 1.10 bits per heavy atom. The summed E-state index contributed by atoms with van der Waals surface area (Å²) in [5.41, 5.74) is 4.99. The highest BCUT2D eigenvalue weighted by Crippen LogP contribution is 2.44. The standard InChI is InChI=1S/C42H44ClN7O8S/c1-42(2)11-9-28(35(21-42)26-3-5-29(43)6-4-26)23-48-13-15-49(16-14-48)31-7-8-34(37(18-31)58-32-17-27-10-12-44-40(27)45-22-32)41(52)47-59(55,56)33-19-36(50(53)54)39-38(20-33)57-25-30(24-51)46-39/h3-8,10,12,17-20,22,30,46,51H,9,11,13-16,21,23-25H2,1-2H3,(H,44,45)(H,47,52)/t30-/m1/s1. The lowest BCUT2D eigenvalue weighted by Crippen LogP contribution is -2.47. The summed E-state index contributed by atoms with van der Waals surface area (Å²) in [6.07, 6.45) is 6.41. The summed E-state index contributed by atoms with van der Waals surface area (Å²) < 4.78 is 41.2. The molecule has 1 atom stereocenters. The fourth-order valence-electron chi connectivity index (χ4n) is 7.88. The molecule has 0 radical (unpaired) electrons. The van der Waals surface area contributed by atoms with Gasteiger partial charge < -0.3 is 29.8 Å². The van der Waals surface area contributed by atoms with Crippen LogP contribution in [0.25, 0.3) is 16.6 Å². The molecule has 0 spiro atoms. The van der Waals surface area contributed by atoms with Gasteiger partial charge in [0.15, 0.2) is 11.4 Å². The molecule has 0 bridgehead atoms. The van der Waals surface area contributed by atoms with Gasteiger partial charge in [0.05, 0.1) is 34.2 Å². The number of fused-ring (bicyclic) bond motifs is 2. The second kappa shape index (κ2) is 16.2. The first-order valence-corrected chi connectivity index (χ1v) is 21.2. The predicted molar refractivity (Wildman–Crippen MR) is 225 cm³/mol. The van der Waals surface area contributed by atoms with Gasteiger partial charge in [-0.1, -0.05) is 43.2 Å². The van der Waals surface area contributed by atoms with Gasteiger partial charge in [0.25, 0.3) is 21.6 Å². The molecule has 308 valence electrons. The molecule has 1 saturated heterocycles. The number of carbonyl (C=O) groups is 1. The van der Waals surface area contributed by atoms with Crippen molar-refractivity contribution < 1.29 is 32.7 Å². The molecule has 5 aromatic rings. The third-order valence-electron chi connectivity index (χ3n) is 11.1. The first-order chi connectivity index (χ1) is 28.2. The van der Waals surface area contributed by atoms with Crippen molar-refractivity contribution in [1.82, 2.24) is 19.6 Å². The van der Waals surface area contributed by atoms with E-state index in [9.17, 15) is 28.4 Å². The normalized spacial score (nSPS) is 18.2. The molecule has 0 saturated carbocycles. The summed E-state index contributed by atoms with van der Waals surface area (Å²) in [7, 11) is -4.67. The first-order valence-electron chi connectivity index (χ1n) is 19.3. The van der Waals surface area contributed by atoms with Gasteiger partial charge >= 0.3 is 0 Å². The molecule has 1 amide bonds. The number of amides is 1. The van der Waals surface area contributed by atoms with E-state index in [2.05, 4.69) is 55.8 Å². The second-order valence-corrected chi connectivity index (χ2v) is 18.0. The van der Waals surface area contributed by atoms with Crippen molar-refractivity contribution >= 4 is 61.2 Å². The number of benzene rings is 3. The lowest BCUT2D eigenvalue weighted by Gasteiger charge is -2.39. The van der Waals surface area contributed by atoms with Crippen LogP contribution in [0.2, 0.25) is 5.02 Å². The van der Waals surface area contributed by atoms with Crippen molar-refractivity contribution in [3.63, 3.8) is 0 Å². The Hall–Kier alpha value is -5.68. The number of anilines is 2. The number of hydrogen-bond donors (Lipinski definition) is 4. The highest BCUT2D eigenvalue weighted by atomic mass is 35.5. The van der Waals surface area contributed by atoms with Crippen molar-refractivity contribution in [1.29, 1.82) is 0 Å². The molecule has 59 heavy (non-hydrogen) atoms. The Balaban J connectivity index is 1.04. The van der Waals surface area contributed by atoms with Crippen molar-refractivity contribution in [3.05, 3.63) is 111 Å². The number of aromatic amines is 1. The topological polar surface area (TPSA) is 192 Å².